The topological polar surface area (TPSA) is 92.9 Å². The summed E-state index contributed by atoms with van der Waals surface area (Å²) in [6.45, 7) is 1.89. The Hall–Kier alpha value is -2.18. The molecule has 0 aromatic carbocycles. The molecular weight excluding hydrogens is 266 g/mol. The number of nitrogens with zero attached hydrogens (tertiary/aromatic N) is 2. The molecule has 0 aliphatic rings. The van der Waals surface area contributed by atoms with Crippen LogP contribution in [0.5, 0.6) is 0 Å². The minimum atomic E-state index is -0.312. The van der Waals surface area contributed by atoms with E-state index in [1.807, 2.05) is 13.0 Å². The van der Waals surface area contributed by atoms with Gasteiger partial charge in [-0.05, 0) is 30.7 Å². The number of nitrogens with two attached hydrogens (primary N) is 1. The Kier molecular flexibility index (Phi) is 3.94. The number of carbonyl (C=O) groups is 1. The van der Waals surface area contributed by atoms with Gasteiger partial charge in [-0.15, -0.1) is 0 Å². The molecule has 4 N–H and O–H groups in total. The number of aromatic nitrogens is 2. The van der Waals surface area contributed by atoms with Crippen LogP contribution in [0.3, 0.4) is 0 Å². The van der Waals surface area contributed by atoms with Crippen LogP contribution >= 0.6 is 11.6 Å². The van der Waals surface area contributed by atoms with Crippen molar-refractivity contribution in [3.05, 3.63) is 46.9 Å². The molecule has 2 heterocycles. The second-order valence-electron chi connectivity index (χ2n) is 3.91. The van der Waals surface area contributed by atoms with Gasteiger partial charge in [-0.2, -0.15) is 0 Å². The third kappa shape index (κ3) is 3.40. The Morgan fingerprint density at radius 2 is 2.11 bits per heavy atom. The average molecular weight is 278 g/mol. The zero-order valence-electron chi connectivity index (χ0n) is 10.1. The minimum Gasteiger partial charge on any atom is -0.321 e. The summed E-state index contributed by atoms with van der Waals surface area (Å²) in [6, 6.07) is 4.78. The van der Waals surface area contributed by atoms with Crippen molar-refractivity contribution in [1.82, 2.24) is 9.97 Å². The van der Waals surface area contributed by atoms with Crippen LogP contribution in [0.25, 0.3) is 0 Å². The summed E-state index contributed by atoms with van der Waals surface area (Å²) in [5, 5.41) is 2.90. The van der Waals surface area contributed by atoms with Crippen molar-refractivity contribution in [3.63, 3.8) is 0 Å². The van der Waals surface area contributed by atoms with Crippen molar-refractivity contribution >= 4 is 29.0 Å². The summed E-state index contributed by atoms with van der Waals surface area (Å²) in [4.78, 5) is 19.9. The van der Waals surface area contributed by atoms with E-state index in [0.29, 0.717) is 17.1 Å². The van der Waals surface area contributed by atoms with Gasteiger partial charge in [0.2, 0.25) is 0 Å². The molecule has 2 aromatic rings. The highest BCUT2D eigenvalue weighted by Gasteiger charge is 2.09. The van der Waals surface area contributed by atoms with Crippen LogP contribution in [-0.2, 0) is 0 Å². The monoisotopic (exact) mass is 277 g/mol. The Labute approximate surface area is 115 Å². The van der Waals surface area contributed by atoms with Crippen molar-refractivity contribution in [2.45, 2.75) is 6.92 Å². The minimum absolute atomic E-state index is 0.183. The van der Waals surface area contributed by atoms with E-state index in [1.54, 1.807) is 12.4 Å². The van der Waals surface area contributed by atoms with Crippen LogP contribution in [0, 0.1) is 6.92 Å². The first-order valence-electron chi connectivity index (χ1n) is 5.45. The molecule has 19 heavy (non-hydrogen) atoms. The number of nitrogen functional groups attached to an aromatic ring is 1. The third-order valence-electron chi connectivity index (χ3n) is 2.34. The number of nitrogens with one attached hydrogen (secondary N) is 2. The van der Waals surface area contributed by atoms with Gasteiger partial charge >= 0.3 is 0 Å². The van der Waals surface area contributed by atoms with E-state index in [4.69, 9.17) is 17.4 Å². The van der Waals surface area contributed by atoms with Crippen molar-refractivity contribution in [3.8, 4) is 0 Å². The molecule has 0 unspecified atom stereocenters. The molecule has 0 saturated heterocycles. The maximum absolute atomic E-state index is 12.1. The molecule has 0 aliphatic carbocycles. The van der Waals surface area contributed by atoms with Crippen LogP contribution in [-0.4, -0.2) is 15.9 Å². The Balaban J connectivity index is 2.22. The molecule has 1 amide bonds. The third-order valence-corrected chi connectivity index (χ3v) is 2.53. The van der Waals surface area contributed by atoms with Gasteiger partial charge in [-0.25, -0.2) is 10.8 Å². The molecule has 0 spiro atoms. The highest BCUT2D eigenvalue weighted by Crippen LogP contribution is 2.16. The summed E-state index contributed by atoms with van der Waals surface area (Å²) >= 11 is 5.80. The number of amides is 1. The fourth-order valence-corrected chi connectivity index (χ4v) is 1.74. The fraction of sp³-hybridized carbons (Fsp3) is 0.0833. The number of anilines is 2. The number of hydrogen-bond acceptors (Lipinski definition) is 5. The molecule has 0 radical (unpaired) electrons. The van der Waals surface area contributed by atoms with E-state index in [-0.39, 0.29) is 11.1 Å². The van der Waals surface area contributed by atoms with Crippen LogP contribution in [0.4, 0.5) is 11.5 Å². The highest BCUT2D eigenvalue weighted by molar-refractivity contribution is 6.30. The Bertz CT molecular complexity index is 617. The van der Waals surface area contributed by atoms with Gasteiger partial charge in [-0.1, -0.05) is 11.6 Å². The summed E-state index contributed by atoms with van der Waals surface area (Å²) in [6.07, 6.45) is 3.27. The lowest BCUT2D eigenvalue weighted by molar-refractivity contribution is 0.102. The molecule has 0 fully saturated rings. The van der Waals surface area contributed by atoms with Crippen LogP contribution in [0.2, 0.25) is 5.15 Å². The summed E-state index contributed by atoms with van der Waals surface area (Å²) < 4.78 is 0. The fourth-order valence-electron chi connectivity index (χ4n) is 1.53. The number of carbonyl (C=O) groups excluding carboxylic acids is 1. The molecule has 0 saturated carbocycles. The smallest absolute Gasteiger partial charge is 0.255 e. The number of hydrazine groups is 1. The summed E-state index contributed by atoms with van der Waals surface area (Å²) in [7, 11) is 0. The SMILES string of the molecule is Cc1cncc(NC(=O)c2cc(Cl)nc(NN)c2)c1. The first-order chi connectivity index (χ1) is 9.08. The molecule has 98 valence electrons. The maximum atomic E-state index is 12.1. The van der Waals surface area contributed by atoms with Crippen LogP contribution in [0.1, 0.15) is 15.9 Å². The average Bonchev–Trinajstić information content (AvgIpc) is 2.38. The van der Waals surface area contributed by atoms with Crippen LogP contribution in [0.15, 0.2) is 30.6 Å². The second kappa shape index (κ2) is 5.64. The second-order valence-corrected chi connectivity index (χ2v) is 4.30. The lowest BCUT2D eigenvalue weighted by atomic mass is 10.2. The standard InChI is InChI=1S/C12H12ClN5O/c1-7-2-9(6-15-5-7)16-12(19)8-3-10(13)17-11(4-8)18-14/h2-6H,14H2,1H3,(H,16,19)(H,17,18). The molecule has 6 nitrogen and oxygen atoms in total. The molecule has 0 bridgehead atoms. The van der Waals surface area contributed by atoms with Crippen LogP contribution < -0.4 is 16.6 Å². The van der Waals surface area contributed by atoms with Crippen molar-refractivity contribution in [2.75, 3.05) is 10.7 Å². The molecular formula is C12H12ClN5O. The van der Waals surface area contributed by atoms with Gasteiger partial charge in [0.15, 0.2) is 0 Å². The molecule has 0 aliphatic heterocycles. The van der Waals surface area contributed by atoms with Crippen molar-refractivity contribution < 1.29 is 4.79 Å². The van der Waals surface area contributed by atoms with E-state index in [2.05, 4.69) is 20.7 Å². The van der Waals surface area contributed by atoms with E-state index >= 15 is 0 Å². The number of aryl methyl sites for hydroxylation is 1. The first-order valence-corrected chi connectivity index (χ1v) is 5.83. The van der Waals surface area contributed by atoms with E-state index in [0.717, 1.165) is 5.56 Å². The highest BCUT2D eigenvalue weighted by atomic mass is 35.5. The van der Waals surface area contributed by atoms with E-state index in [1.165, 1.54) is 12.1 Å². The normalized spacial score (nSPS) is 10.1. The molecule has 2 rings (SSSR count). The van der Waals surface area contributed by atoms with Gasteiger partial charge in [-0.3, -0.25) is 9.78 Å². The van der Waals surface area contributed by atoms with Gasteiger partial charge in [0.1, 0.15) is 11.0 Å². The Morgan fingerprint density at radius 3 is 2.79 bits per heavy atom. The largest absolute Gasteiger partial charge is 0.321 e. The number of rotatable bonds is 3. The van der Waals surface area contributed by atoms with Gasteiger partial charge in [0, 0.05) is 11.8 Å². The molecule has 7 heteroatoms. The zero-order valence-corrected chi connectivity index (χ0v) is 10.9. The quantitative estimate of drug-likeness (QED) is 0.453. The molecule has 0 atom stereocenters. The zero-order chi connectivity index (χ0) is 13.8. The predicted molar refractivity (Wildman–Crippen MR) is 74.0 cm³/mol. The lowest BCUT2D eigenvalue weighted by Gasteiger charge is -2.07. The lowest BCUT2D eigenvalue weighted by Crippen LogP contribution is -2.14. The van der Waals surface area contributed by atoms with Gasteiger partial charge < -0.3 is 10.7 Å². The number of pyridine rings is 2. The number of halogens is 1. The van der Waals surface area contributed by atoms with Gasteiger partial charge in [0.25, 0.3) is 5.91 Å². The van der Waals surface area contributed by atoms with Crippen molar-refractivity contribution in [1.29, 1.82) is 0 Å². The summed E-state index contributed by atoms with van der Waals surface area (Å²) in [5.74, 6) is 5.25. The summed E-state index contributed by atoms with van der Waals surface area (Å²) in [5.41, 5.74) is 4.27. The maximum Gasteiger partial charge on any atom is 0.255 e. The van der Waals surface area contributed by atoms with E-state index in [9.17, 15) is 4.79 Å². The number of hydrogen-bond donors (Lipinski definition) is 3. The van der Waals surface area contributed by atoms with E-state index < -0.39 is 0 Å². The Morgan fingerprint density at radius 1 is 1.32 bits per heavy atom. The predicted octanol–water partition coefficient (Wildman–Crippen LogP) is 1.98. The first kappa shape index (κ1) is 13.3. The van der Waals surface area contributed by atoms with Crippen molar-refractivity contribution in [2.24, 2.45) is 5.84 Å². The molecule has 2 aromatic heterocycles. The van der Waals surface area contributed by atoms with Gasteiger partial charge in [0.05, 0.1) is 11.9 Å².